The molecule has 1 saturated heterocycles. The van der Waals surface area contributed by atoms with Gasteiger partial charge in [-0.2, -0.15) is 13.2 Å². The number of aromatic nitrogens is 1. The standard InChI is InChI=1S/C22H22ClF4N5O4/c1-9-18(19(23)31-30-9)29-21(34)12-6-13(24)11(7-16(12)36-10(2)22(25,26)27)14-4-5-15-20(28-14)32(3)17(33)8-35-15/h4-7,9-10,18-19,30-31H,8H2,1-3H3,(H,29,34). The Kier molecular flexibility index (Phi) is 6.99. The number of hydrogen-bond acceptors (Lipinski definition) is 7. The molecule has 0 radical (unpaired) electrons. The highest BCUT2D eigenvalue weighted by molar-refractivity contribution is 6.21. The molecule has 3 N–H and O–H groups in total. The largest absolute Gasteiger partial charge is 0.480 e. The lowest BCUT2D eigenvalue weighted by Crippen LogP contribution is -2.45. The predicted molar refractivity (Wildman–Crippen MR) is 121 cm³/mol. The minimum absolute atomic E-state index is 0.00786. The summed E-state index contributed by atoms with van der Waals surface area (Å²) < 4.78 is 65.5. The Balaban J connectivity index is 1.75. The quantitative estimate of drug-likeness (QED) is 0.310. The van der Waals surface area contributed by atoms with Gasteiger partial charge in [0.1, 0.15) is 17.1 Å². The Hall–Kier alpha value is -3.16. The van der Waals surface area contributed by atoms with E-state index in [2.05, 4.69) is 21.2 Å². The number of carbonyl (C=O) groups excluding carboxylic acids is 2. The Labute approximate surface area is 208 Å². The van der Waals surface area contributed by atoms with Gasteiger partial charge in [-0.05, 0) is 38.1 Å². The number of alkyl halides is 4. The summed E-state index contributed by atoms with van der Waals surface area (Å²) in [4.78, 5) is 30.4. The van der Waals surface area contributed by atoms with Crippen molar-refractivity contribution in [3.05, 3.63) is 35.6 Å². The number of carbonyl (C=O) groups is 2. The number of pyridine rings is 1. The van der Waals surface area contributed by atoms with Gasteiger partial charge in [0.05, 0.1) is 17.3 Å². The first-order valence-electron chi connectivity index (χ1n) is 10.8. The molecule has 194 valence electrons. The highest BCUT2D eigenvalue weighted by atomic mass is 35.5. The number of fused-ring (bicyclic) bond motifs is 1. The fraction of sp³-hybridized carbons (Fsp3) is 0.409. The van der Waals surface area contributed by atoms with Crippen LogP contribution >= 0.6 is 11.6 Å². The molecular formula is C22H22ClF4N5O4. The maximum atomic E-state index is 15.3. The van der Waals surface area contributed by atoms with Crippen LogP contribution in [0.15, 0.2) is 24.3 Å². The first kappa shape index (κ1) is 25.9. The summed E-state index contributed by atoms with van der Waals surface area (Å²) >= 11 is 6.12. The molecule has 4 rings (SSSR count). The van der Waals surface area contributed by atoms with E-state index < -0.39 is 46.9 Å². The molecule has 14 heteroatoms. The minimum Gasteiger partial charge on any atom is -0.480 e. The van der Waals surface area contributed by atoms with Crippen LogP contribution in [0.2, 0.25) is 0 Å². The van der Waals surface area contributed by atoms with Gasteiger partial charge in [-0.3, -0.25) is 19.9 Å². The van der Waals surface area contributed by atoms with Gasteiger partial charge < -0.3 is 14.8 Å². The molecule has 0 aliphatic carbocycles. The predicted octanol–water partition coefficient (Wildman–Crippen LogP) is 2.73. The molecule has 1 aromatic carbocycles. The number of likely N-dealkylation sites (N-methyl/N-ethyl adjacent to an activating group) is 1. The third-order valence-corrected chi connectivity index (χ3v) is 6.22. The summed E-state index contributed by atoms with van der Waals surface area (Å²) in [5.74, 6) is -2.32. The Morgan fingerprint density at radius 2 is 2.06 bits per heavy atom. The zero-order chi connectivity index (χ0) is 26.4. The summed E-state index contributed by atoms with van der Waals surface area (Å²) in [7, 11) is 1.46. The minimum atomic E-state index is -4.75. The number of anilines is 1. The molecule has 0 bridgehead atoms. The molecule has 4 atom stereocenters. The van der Waals surface area contributed by atoms with Crippen molar-refractivity contribution in [1.29, 1.82) is 0 Å². The second-order valence-corrected chi connectivity index (χ2v) is 8.84. The van der Waals surface area contributed by atoms with E-state index >= 15 is 4.39 Å². The lowest BCUT2D eigenvalue weighted by atomic mass is 10.0. The maximum absolute atomic E-state index is 15.3. The first-order chi connectivity index (χ1) is 16.9. The van der Waals surface area contributed by atoms with Crippen LogP contribution in [0.1, 0.15) is 24.2 Å². The van der Waals surface area contributed by atoms with Crippen LogP contribution in [0.5, 0.6) is 11.5 Å². The van der Waals surface area contributed by atoms with Crippen LogP contribution in [0.4, 0.5) is 23.4 Å². The van der Waals surface area contributed by atoms with Gasteiger partial charge in [0.15, 0.2) is 24.3 Å². The van der Waals surface area contributed by atoms with Crippen molar-refractivity contribution in [2.24, 2.45) is 0 Å². The number of nitrogens with zero attached hydrogens (tertiary/aromatic N) is 2. The van der Waals surface area contributed by atoms with Crippen molar-refractivity contribution in [3.63, 3.8) is 0 Å². The molecule has 9 nitrogen and oxygen atoms in total. The van der Waals surface area contributed by atoms with E-state index in [1.54, 1.807) is 6.92 Å². The van der Waals surface area contributed by atoms with Gasteiger partial charge in [-0.15, -0.1) is 11.6 Å². The van der Waals surface area contributed by atoms with Gasteiger partial charge in [0, 0.05) is 18.7 Å². The zero-order valence-corrected chi connectivity index (χ0v) is 20.0. The van der Waals surface area contributed by atoms with Gasteiger partial charge in [-0.1, -0.05) is 0 Å². The average Bonchev–Trinajstić information content (AvgIpc) is 3.13. The fourth-order valence-corrected chi connectivity index (χ4v) is 3.99. The molecule has 4 unspecified atom stereocenters. The summed E-state index contributed by atoms with van der Waals surface area (Å²) in [5.41, 5.74) is 4.12. The SMILES string of the molecule is CC1NNC(Cl)C1NC(=O)c1cc(F)c(-c2ccc3c(n2)N(C)C(=O)CO3)cc1OC(C)C(F)(F)F. The molecule has 36 heavy (non-hydrogen) atoms. The van der Waals surface area contributed by atoms with Gasteiger partial charge in [-0.25, -0.2) is 14.8 Å². The van der Waals surface area contributed by atoms with Crippen LogP contribution in [0, 0.1) is 5.82 Å². The molecule has 3 heterocycles. The topological polar surface area (TPSA) is 105 Å². The number of hydrogen-bond donors (Lipinski definition) is 3. The third kappa shape index (κ3) is 5.04. The number of halogens is 5. The third-order valence-electron chi connectivity index (χ3n) is 5.84. The van der Waals surface area contributed by atoms with E-state index in [-0.39, 0.29) is 41.4 Å². The molecule has 1 aromatic heterocycles. The summed E-state index contributed by atoms with van der Waals surface area (Å²) in [5, 5.41) is 2.59. The first-order valence-corrected chi connectivity index (χ1v) is 11.2. The lowest BCUT2D eigenvalue weighted by molar-refractivity contribution is -0.189. The summed E-state index contributed by atoms with van der Waals surface area (Å²) in [6, 6.07) is 3.62. The number of ether oxygens (including phenoxy) is 2. The zero-order valence-electron chi connectivity index (χ0n) is 19.2. The fourth-order valence-electron chi connectivity index (χ4n) is 3.65. The number of nitrogens with one attached hydrogen (secondary N) is 3. The number of benzene rings is 1. The number of amides is 2. The van der Waals surface area contributed by atoms with Crippen molar-refractivity contribution in [3.8, 4) is 22.8 Å². The van der Waals surface area contributed by atoms with Crippen LogP contribution in [0.25, 0.3) is 11.3 Å². The summed E-state index contributed by atoms with van der Waals surface area (Å²) in [6.07, 6.45) is -7.05. The van der Waals surface area contributed by atoms with Gasteiger partial charge in [0.25, 0.3) is 11.8 Å². The molecular weight excluding hydrogens is 510 g/mol. The maximum Gasteiger partial charge on any atom is 0.425 e. The van der Waals surface area contributed by atoms with E-state index in [0.717, 1.165) is 19.1 Å². The molecule has 2 aliphatic heterocycles. The van der Waals surface area contributed by atoms with E-state index in [0.29, 0.717) is 0 Å². The Bertz CT molecular complexity index is 1190. The second kappa shape index (κ2) is 9.71. The number of hydrazine groups is 1. The highest BCUT2D eigenvalue weighted by Gasteiger charge is 2.39. The lowest BCUT2D eigenvalue weighted by Gasteiger charge is -2.25. The van der Waals surface area contributed by atoms with E-state index in [1.807, 2.05) is 0 Å². The molecule has 2 aliphatic rings. The van der Waals surface area contributed by atoms with Crippen LogP contribution in [-0.4, -0.2) is 60.3 Å². The van der Waals surface area contributed by atoms with Gasteiger partial charge >= 0.3 is 6.18 Å². The van der Waals surface area contributed by atoms with Crippen molar-refractivity contribution >= 4 is 29.2 Å². The second-order valence-electron chi connectivity index (χ2n) is 8.37. The average molecular weight is 532 g/mol. The van der Waals surface area contributed by atoms with Gasteiger partial charge in [0.2, 0.25) is 0 Å². The molecule has 0 spiro atoms. The highest BCUT2D eigenvalue weighted by Crippen LogP contribution is 2.36. The van der Waals surface area contributed by atoms with Crippen LogP contribution in [0.3, 0.4) is 0 Å². The molecule has 2 amide bonds. The Morgan fingerprint density at radius 1 is 1.33 bits per heavy atom. The van der Waals surface area contributed by atoms with E-state index in [1.165, 1.54) is 24.1 Å². The van der Waals surface area contributed by atoms with E-state index in [9.17, 15) is 22.8 Å². The Morgan fingerprint density at radius 3 is 2.69 bits per heavy atom. The normalized spacial score (nSPS) is 22.6. The monoisotopic (exact) mass is 531 g/mol. The van der Waals surface area contributed by atoms with E-state index in [4.69, 9.17) is 21.1 Å². The smallest absolute Gasteiger partial charge is 0.425 e. The molecule has 0 saturated carbocycles. The van der Waals surface area contributed by atoms with Crippen molar-refractivity contribution < 1.29 is 36.6 Å². The molecule has 1 fully saturated rings. The molecule has 2 aromatic rings. The van der Waals surface area contributed by atoms with Crippen LogP contribution in [-0.2, 0) is 4.79 Å². The van der Waals surface area contributed by atoms with Crippen molar-refractivity contribution in [1.82, 2.24) is 21.2 Å². The van der Waals surface area contributed by atoms with Crippen molar-refractivity contribution in [2.45, 2.75) is 43.7 Å². The number of rotatable bonds is 5. The van der Waals surface area contributed by atoms with Crippen molar-refractivity contribution in [2.75, 3.05) is 18.6 Å². The summed E-state index contributed by atoms with van der Waals surface area (Å²) in [6.45, 7) is 2.30. The van der Waals surface area contributed by atoms with Crippen LogP contribution < -0.4 is 30.5 Å².